The van der Waals surface area contributed by atoms with E-state index in [4.69, 9.17) is 37.7 Å². The second-order valence-electron chi connectivity index (χ2n) is 7.67. The Balaban J connectivity index is 0.00000104. The average Bonchev–Trinajstić information content (AvgIpc) is 2.77. The Kier molecular flexibility index (Phi) is 14.2. The molecule has 2 rings (SSSR count). The van der Waals surface area contributed by atoms with Gasteiger partial charge in [-0.3, -0.25) is 4.84 Å². The number of nitrogens with two attached hydrogens (primary N) is 1. The van der Waals surface area contributed by atoms with Crippen LogP contribution in [-0.4, -0.2) is 66.8 Å². The van der Waals surface area contributed by atoms with Crippen LogP contribution in [0.3, 0.4) is 0 Å². The number of hydrogen-bond donors (Lipinski definition) is 6. The molecule has 1 heterocycles. The molecule has 9 N–H and O–H groups in total. The van der Waals surface area contributed by atoms with E-state index in [0.717, 1.165) is 6.08 Å². The number of nitrogens with one attached hydrogen (secondary N) is 1. The minimum Gasteiger partial charge on any atom is -0.475 e. The molecular formula is C20H32ClF3N3O7+. The van der Waals surface area contributed by atoms with E-state index in [1.807, 2.05) is 20.8 Å². The summed E-state index contributed by atoms with van der Waals surface area (Å²) in [5, 5.41) is 26.2. The molecule has 1 unspecified atom stereocenters. The first-order chi connectivity index (χ1) is 15.9. The predicted molar refractivity (Wildman–Crippen MR) is 117 cm³/mol. The van der Waals surface area contributed by atoms with Crippen LogP contribution in [0.15, 0.2) is 17.7 Å². The number of aliphatic hydroxyl groups is 2. The molecule has 0 amide bonds. The summed E-state index contributed by atoms with van der Waals surface area (Å²) in [5.74, 6) is 5.71. The van der Waals surface area contributed by atoms with Crippen molar-refractivity contribution in [2.75, 3.05) is 33.1 Å². The van der Waals surface area contributed by atoms with Crippen molar-refractivity contribution in [3.8, 4) is 5.75 Å². The summed E-state index contributed by atoms with van der Waals surface area (Å²) in [5.41, 5.74) is -0.231. The largest absolute Gasteiger partial charge is 0.475 e. The van der Waals surface area contributed by atoms with Crippen LogP contribution in [0.5, 0.6) is 5.75 Å². The second kappa shape index (κ2) is 15.1. The summed E-state index contributed by atoms with van der Waals surface area (Å²) in [6.45, 7) is 6.35. The third kappa shape index (κ3) is 10.1. The van der Waals surface area contributed by atoms with E-state index in [9.17, 15) is 18.0 Å². The lowest BCUT2D eigenvalue weighted by molar-refractivity contribution is -0.670. The fraction of sp³-hybridized carbons (Fsp3) is 0.550. The number of alkyl halides is 3. The fourth-order valence-corrected chi connectivity index (χ4v) is 3.11. The highest BCUT2D eigenvalue weighted by atomic mass is 35.5. The van der Waals surface area contributed by atoms with Crippen molar-refractivity contribution in [1.29, 1.82) is 0 Å². The molecule has 34 heavy (non-hydrogen) atoms. The normalized spacial score (nSPS) is 14.9. The van der Waals surface area contributed by atoms with Crippen molar-refractivity contribution in [1.82, 2.24) is 5.32 Å². The van der Waals surface area contributed by atoms with Crippen molar-refractivity contribution >= 4 is 23.6 Å². The van der Waals surface area contributed by atoms with Gasteiger partial charge < -0.3 is 25.0 Å². The maximum absolute atomic E-state index is 13.3. The van der Waals surface area contributed by atoms with Gasteiger partial charge in [-0.2, -0.15) is 13.2 Å². The third-order valence-electron chi connectivity index (χ3n) is 4.11. The highest BCUT2D eigenvalue weighted by molar-refractivity contribution is 6.31. The maximum atomic E-state index is 13.3. The molecule has 1 aromatic rings. The molecule has 0 saturated carbocycles. The summed E-state index contributed by atoms with van der Waals surface area (Å²) in [6.07, 6.45) is -6.22. The Morgan fingerprint density at radius 2 is 1.76 bits per heavy atom. The van der Waals surface area contributed by atoms with Gasteiger partial charge in [0.1, 0.15) is 5.75 Å². The Morgan fingerprint density at radius 3 is 2.21 bits per heavy atom. The highest BCUT2D eigenvalue weighted by Crippen LogP contribution is 2.42. The van der Waals surface area contributed by atoms with Crippen molar-refractivity contribution in [3.05, 3.63) is 33.9 Å². The summed E-state index contributed by atoms with van der Waals surface area (Å²) in [7, 11) is 0. The molecule has 0 aromatic heterocycles. The summed E-state index contributed by atoms with van der Waals surface area (Å²) >= 11 is 6.22. The monoisotopic (exact) mass is 518 g/mol. The lowest BCUT2D eigenvalue weighted by Gasteiger charge is -2.30. The molecule has 10 nitrogen and oxygen atoms in total. The topological polar surface area (TPSA) is 171 Å². The summed E-state index contributed by atoms with van der Waals surface area (Å²) < 4.78 is 49.6. The standard InChI is InChI=1S/C16H17ClF3NO4.C4H11NO2.H4NO/c1-15(2,3)10-6-12-8(5-11(10)17)4-9(14(22)23-7-24-21)13(25-12)16(18,19)20;6-3-1-5-2-4-7;1-2/h4-6,13H,7,21H2,1-3H3;5-7H,1-4H2;2H,1H3/q;;+1. The lowest BCUT2D eigenvalue weighted by Crippen LogP contribution is -2.42. The number of carbonyl (C=O) groups excluding carboxylic acids is 1. The van der Waals surface area contributed by atoms with E-state index >= 15 is 0 Å². The Bertz CT molecular complexity index is 799. The van der Waals surface area contributed by atoms with Crippen molar-refractivity contribution in [2.45, 2.75) is 38.5 Å². The SMILES string of the molecule is CC(C)(C)c1cc2c(cc1Cl)C=C(C(=O)OCON)C(C(F)(F)F)O2.OCCNCCO.[NH3+]O. The quantitative estimate of drug-likeness (QED) is 0.133. The first-order valence-corrected chi connectivity index (χ1v) is 10.3. The Labute approximate surface area is 200 Å². The van der Waals surface area contributed by atoms with Crippen molar-refractivity contribution in [2.24, 2.45) is 5.90 Å². The van der Waals surface area contributed by atoms with Crippen molar-refractivity contribution < 1.29 is 53.6 Å². The zero-order valence-corrected chi connectivity index (χ0v) is 19.9. The van der Waals surface area contributed by atoms with Gasteiger partial charge in [0.2, 0.25) is 12.9 Å². The molecule has 1 aliphatic heterocycles. The van der Waals surface area contributed by atoms with Crippen LogP contribution in [0.2, 0.25) is 5.02 Å². The first-order valence-electron chi connectivity index (χ1n) is 9.88. The average molecular weight is 519 g/mol. The van der Waals surface area contributed by atoms with Crippen LogP contribution in [0, 0.1) is 0 Å². The van der Waals surface area contributed by atoms with Crippen LogP contribution < -0.4 is 21.8 Å². The summed E-state index contributed by atoms with van der Waals surface area (Å²) in [4.78, 5) is 15.9. The minimum absolute atomic E-state index is 0.0109. The van der Waals surface area contributed by atoms with Gasteiger partial charge >= 0.3 is 12.1 Å². The van der Waals surface area contributed by atoms with Gasteiger partial charge in [0, 0.05) is 23.7 Å². The maximum Gasteiger partial charge on any atom is 0.430 e. The molecule has 0 aliphatic carbocycles. The molecule has 1 atom stereocenters. The van der Waals surface area contributed by atoms with E-state index < -0.39 is 36.0 Å². The van der Waals surface area contributed by atoms with Gasteiger partial charge in [0.25, 0.3) is 0 Å². The molecule has 0 saturated heterocycles. The number of aliphatic hydroxyl groups excluding tert-OH is 2. The van der Waals surface area contributed by atoms with E-state index in [0.29, 0.717) is 23.7 Å². The number of esters is 1. The minimum atomic E-state index is -4.81. The summed E-state index contributed by atoms with van der Waals surface area (Å²) in [6, 6.07) is 2.91. The molecular weight excluding hydrogens is 487 g/mol. The fourth-order valence-electron chi connectivity index (χ4n) is 2.66. The van der Waals surface area contributed by atoms with Crippen molar-refractivity contribution in [3.63, 3.8) is 0 Å². The van der Waals surface area contributed by atoms with Gasteiger partial charge in [-0.25, -0.2) is 21.8 Å². The number of fused-ring (bicyclic) bond motifs is 1. The Morgan fingerprint density at radius 1 is 1.21 bits per heavy atom. The molecule has 0 spiro atoms. The highest BCUT2D eigenvalue weighted by Gasteiger charge is 2.49. The van der Waals surface area contributed by atoms with E-state index in [1.54, 1.807) is 0 Å². The molecule has 14 heteroatoms. The van der Waals surface area contributed by atoms with Crippen LogP contribution >= 0.6 is 11.6 Å². The number of carbonyl (C=O) groups is 1. The molecule has 1 aromatic carbocycles. The second-order valence-corrected chi connectivity index (χ2v) is 8.08. The lowest BCUT2D eigenvalue weighted by atomic mass is 9.85. The van der Waals surface area contributed by atoms with E-state index in [2.05, 4.69) is 20.8 Å². The smallest absolute Gasteiger partial charge is 0.430 e. The number of rotatable bonds is 7. The van der Waals surface area contributed by atoms with Gasteiger partial charge in [0.05, 0.1) is 18.8 Å². The van der Waals surface area contributed by atoms with Crippen LogP contribution in [0.1, 0.15) is 31.9 Å². The van der Waals surface area contributed by atoms with Gasteiger partial charge in [-0.05, 0) is 29.2 Å². The zero-order valence-electron chi connectivity index (χ0n) is 19.1. The van der Waals surface area contributed by atoms with Gasteiger partial charge in [0.15, 0.2) is 0 Å². The number of ether oxygens (including phenoxy) is 2. The zero-order chi connectivity index (χ0) is 26.5. The van der Waals surface area contributed by atoms with Crippen LogP contribution in [0.4, 0.5) is 13.2 Å². The number of quaternary nitrogens is 1. The number of benzene rings is 1. The van der Waals surface area contributed by atoms with Gasteiger partial charge in [-0.15, -0.1) is 0 Å². The van der Waals surface area contributed by atoms with E-state index in [-0.39, 0.29) is 24.5 Å². The number of hydrogen-bond acceptors (Lipinski definition) is 9. The van der Waals surface area contributed by atoms with Gasteiger partial charge in [-0.1, -0.05) is 32.4 Å². The number of halogens is 4. The van der Waals surface area contributed by atoms with Crippen LogP contribution in [-0.2, 0) is 19.8 Å². The predicted octanol–water partition coefficient (Wildman–Crippen LogP) is 0.913. The Hall–Kier alpha value is -1.97. The third-order valence-corrected chi connectivity index (χ3v) is 4.43. The molecule has 0 fully saturated rings. The molecule has 0 radical (unpaired) electrons. The molecule has 1 aliphatic rings. The van der Waals surface area contributed by atoms with E-state index in [1.165, 1.54) is 12.1 Å². The first kappa shape index (κ1) is 32.0. The van der Waals surface area contributed by atoms with Crippen LogP contribution in [0.25, 0.3) is 6.08 Å². The molecule has 196 valence electrons. The molecule has 0 bridgehead atoms.